The third kappa shape index (κ3) is 17.3. The monoisotopic (exact) mass is 1010 g/mol. The lowest BCUT2D eigenvalue weighted by atomic mass is 9.78. The van der Waals surface area contributed by atoms with E-state index in [1.165, 1.54) is 12.0 Å². The molecule has 0 aromatic heterocycles. The van der Waals surface area contributed by atoms with Crippen molar-refractivity contribution in [2.45, 2.75) is 206 Å². The first-order valence-corrected chi connectivity index (χ1v) is 27.0. The zero-order valence-corrected chi connectivity index (χ0v) is 45.3. The number of cyclic esters (lactones) is 1. The number of aliphatic hydroxyl groups is 3. The Labute approximate surface area is 430 Å². The Balaban J connectivity index is 1.66. The van der Waals surface area contributed by atoms with Crippen LogP contribution < -0.4 is 0 Å². The van der Waals surface area contributed by atoms with Gasteiger partial charge in [0.2, 0.25) is 5.79 Å². The molecule has 1 amide bonds. The SMILES string of the molecule is CO[C@H]1C[C@@H]2CC[C@@H](C)[C@@](O)(O2)C(=O)C(=O)N2CCCC[C@H]2C(=O)O[C@H]([C@H](C)C[C@H]2CC[C@@H](OCCCCCCO)[C@H](OC)C2)CC(=O)[C@H](C)/C=C(\C)[C@@H](O)[C@@H](OC)C(=O)[C@H](C)C[C@H](C)/C=C/C=C/C=C/1C. The number of ketones is 3. The Bertz CT molecular complexity index is 1880. The molecule has 408 valence electrons. The second kappa shape index (κ2) is 30.2. The van der Waals surface area contributed by atoms with Gasteiger partial charge in [-0.25, -0.2) is 4.79 Å². The smallest absolute Gasteiger partial charge is 0.329 e. The number of amides is 1. The number of ether oxygens (including phenoxy) is 6. The van der Waals surface area contributed by atoms with E-state index in [2.05, 4.69) is 0 Å². The largest absolute Gasteiger partial charge is 0.460 e. The van der Waals surface area contributed by atoms with Gasteiger partial charge in [-0.1, -0.05) is 83.9 Å². The van der Waals surface area contributed by atoms with E-state index in [0.29, 0.717) is 63.5 Å². The van der Waals surface area contributed by atoms with E-state index in [-0.39, 0.29) is 67.5 Å². The number of Topliss-reactive ketones (excluding diaryl/α,β-unsaturated/α-hetero) is 3. The number of hydrogen-bond acceptors (Lipinski definition) is 14. The molecule has 0 radical (unpaired) electrons. The lowest BCUT2D eigenvalue weighted by Crippen LogP contribution is -2.61. The quantitative estimate of drug-likeness (QED) is 0.0699. The van der Waals surface area contributed by atoms with E-state index in [4.69, 9.17) is 33.5 Å². The van der Waals surface area contributed by atoms with Gasteiger partial charge >= 0.3 is 5.97 Å². The number of esters is 1. The number of fused-ring (bicyclic) bond motifs is 3. The lowest BCUT2D eigenvalue weighted by molar-refractivity contribution is -0.265. The van der Waals surface area contributed by atoms with Crippen LogP contribution in [0.1, 0.15) is 151 Å². The highest BCUT2D eigenvalue weighted by atomic mass is 16.6. The van der Waals surface area contributed by atoms with E-state index >= 15 is 0 Å². The van der Waals surface area contributed by atoms with Crippen molar-refractivity contribution in [3.8, 4) is 0 Å². The molecule has 0 unspecified atom stereocenters. The van der Waals surface area contributed by atoms with Crippen LogP contribution in [0.2, 0.25) is 0 Å². The van der Waals surface area contributed by atoms with Gasteiger partial charge in [0.25, 0.3) is 11.7 Å². The summed E-state index contributed by atoms with van der Waals surface area (Å²) in [6, 6.07) is -1.14. The lowest BCUT2D eigenvalue weighted by Gasteiger charge is -2.42. The van der Waals surface area contributed by atoms with Crippen molar-refractivity contribution < 1.29 is 67.7 Å². The number of hydrogen-bond donors (Lipinski definition) is 3. The second-order valence-electron chi connectivity index (χ2n) is 21.6. The van der Waals surface area contributed by atoms with Crippen LogP contribution >= 0.6 is 0 Å². The summed E-state index contributed by atoms with van der Waals surface area (Å²) in [5, 5.41) is 32.7. The molecule has 1 saturated carbocycles. The zero-order valence-electron chi connectivity index (χ0n) is 45.3. The maximum absolute atomic E-state index is 14.5. The average Bonchev–Trinajstić information content (AvgIpc) is 3.36. The number of carbonyl (C=O) groups is 5. The summed E-state index contributed by atoms with van der Waals surface area (Å²) in [5.74, 6) is -7.85. The normalized spacial score (nSPS) is 37.7. The highest BCUT2D eigenvalue weighted by molar-refractivity contribution is 6.39. The van der Waals surface area contributed by atoms with Crippen LogP contribution in [0.5, 0.6) is 0 Å². The summed E-state index contributed by atoms with van der Waals surface area (Å²) < 4.78 is 36.2. The highest BCUT2D eigenvalue weighted by Gasteiger charge is 2.53. The molecule has 72 heavy (non-hydrogen) atoms. The summed E-state index contributed by atoms with van der Waals surface area (Å²) in [6.45, 7) is 13.7. The number of methoxy groups -OCH3 is 3. The van der Waals surface area contributed by atoms with Gasteiger partial charge in [0.1, 0.15) is 30.1 Å². The molecule has 1 aliphatic carbocycles. The molecule has 3 N–H and O–H groups in total. The summed E-state index contributed by atoms with van der Waals surface area (Å²) in [4.78, 5) is 72.5. The molecule has 4 aliphatic rings. The first-order valence-electron chi connectivity index (χ1n) is 27.0. The number of piperidine rings is 1. The number of rotatable bonds is 13. The Morgan fingerprint density at radius 3 is 2.25 bits per heavy atom. The Hall–Kier alpha value is -3.41. The molecule has 4 rings (SSSR count). The molecule has 15 atom stereocenters. The topological polar surface area (TPSA) is 205 Å². The molecule has 15 heteroatoms. The van der Waals surface area contributed by atoms with Crippen LogP contribution in [-0.2, 0) is 52.4 Å². The minimum Gasteiger partial charge on any atom is -0.460 e. The fourth-order valence-electron chi connectivity index (χ4n) is 11.1. The van der Waals surface area contributed by atoms with Crippen LogP contribution in [0.3, 0.4) is 0 Å². The van der Waals surface area contributed by atoms with Crippen molar-refractivity contribution in [1.82, 2.24) is 4.90 Å². The van der Waals surface area contributed by atoms with Crippen LogP contribution in [-0.4, -0.2) is 145 Å². The van der Waals surface area contributed by atoms with Crippen LogP contribution in [0.15, 0.2) is 47.6 Å². The van der Waals surface area contributed by atoms with Gasteiger partial charge in [-0.05, 0) is 120 Å². The fourth-order valence-corrected chi connectivity index (χ4v) is 11.1. The standard InChI is InChI=1S/C57H91NO14/c1-36-20-14-13-15-21-37(2)48(67-8)34-44-25-23-42(7)57(66,72-44)54(63)55(64)58-27-17-16-22-45(58)56(65)71-49(35-46(60)38(3)31-41(6)52(62)53(69-10)51(61)40(5)30-36)39(4)32-43-24-26-47(50(33-43)68-9)70-29-19-12-11-18-28-59/h13-15,20-21,31,36,38-40,42-45,47-50,52-53,59,62,66H,11-12,16-19,22-30,32-35H2,1-10H3/b15-13+,20-14+,37-21+,41-31+/t36-,38-,39-,40-,42-,43-,44+,45+,47-,48+,49+,50-,52-,53+,57-/m1/s1. The summed E-state index contributed by atoms with van der Waals surface area (Å²) >= 11 is 0. The number of nitrogens with zero attached hydrogens (tertiary/aromatic N) is 1. The zero-order chi connectivity index (χ0) is 53.1. The van der Waals surface area contributed by atoms with Gasteiger partial charge < -0.3 is 48.6 Å². The molecule has 0 aromatic carbocycles. The number of unbranched alkanes of at least 4 members (excludes halogenated alkanes) is 3. The van der Waals surface area contributed by atoms with Crippen LogP contribution in [0.4, 0.5) is 0 Å². The van der Waals surface area contributed by atoms with Crippen molar-refractivity contribution in [2.24, 2.45) is 35.5 Å². The van der Waals surface area contributed by atoms with Crippen LogP contribution in [0.25, 0.3) is 0 Å². The molecule has 0 spiro atoms. The number of aliphatic hydroxyl groups excluding tert-OH is 2. The predicted octanol–water partition coefficient (Wildman–Crippen LogP) is 7.76. The molecule has 2 bridgehead atoms. The molecular formula is C57H91NO14. The minimum absolute atomic E-state index is 0.0173. The van der Waals surface area contributed by atoms with E-state index < -0.39 is 77.8 Å². The number of carbonyl (C=O) groups excluding carboxylic acids is 5. The second-order valence-corrected chi connectivity index (χ2v) is 21.6. The molecule has 3 heterocycles. The van der Waals surface area contributed by atoms with E-state index in [1.54, 1.807) is 41.1 Å². The maximum atomic E-state index is 14.5. The van der Waals surface area contributed by atoms with E-state index in [9.17, 15) is 34.2 Å². The van der Waals surface area contributed by atoms with Gasteiger partial charge in [-0.15, -0.1) is 0 Å². The molecular weight excluding hydrogens is 923 g/mol. The molecule has 0 aromatic rings. The summed E-state index contributed by atoms with van der Waals surface area (Å²) in [7, 11) is 4.65. The first kappa shape index (κ1) is 61.1. The van der Waals surface area contributed by atoms with E-state index in [0.717, 1.165) is 44.1 Å². The highest BCUT2D eigenvalue weighted by Crippen LogP contribution is 2.38. The molecule has 3 fully saturated rings. The summed E-state index contributed by atoms with van der Waals surface area (Å²) in [6.07, 6.45) is 16.1. The van der Waals surface area contributed by atoms with Crippen molar-refractivity contribution in [2.75, 3.05) is 41.1 Å². The van der Waals surface area contributed by atoms with Crippen molar-refractivity contribution in [1.29, 1.82) is 0 Å². The van der Waals surface area contributed by atoms with Crippen molar-refractivity contribution in [3.05, 3.63) is 47.6 Å². The van der Waals surface area contributed by atoms with Gasteiger partial charge in [-0.2, -0.15) is 0 Å². The summed E-state index contributed by atoms with van der Waals surface area (Å²) in [5.41, 5.74) is 1.28. The van der Waals surface area contributed by atoms with E-state index in [1.807, 2.05) is 58.1 Å². The Morgan fingerprint density at radius 1 is 0.819 bits per heavy atom. The predicted molar refractivity (Wildman–Crippen MR) is 274 cm³/mol. The van der Waals surface area contributed by atoms with Crippen molar-refractivity contribution >= 4 is 29.2 Å². The first-order chi connectivity index (χ1) is 34.3. The average molecular weight is 1010 g/mol. The Kier molecular flexibility index (Phi) is 25.7. The van der Waals surface area contributed by atoms with Crippen LogP contribution in [0, 0.1) is 35.5 Å². The fraction of sp³-hybridized carbons (Fsp3) is 0.772. The van der Waals surface area contributed by atoms with Gasteiger partial charge in [0.15, 0.2) is 5.78 Å². The minimum atomic E-state index is -2.43. The maximum Gasteiger partial charge on any atom is 0.329 e. The van der Waals surface area contributed by atoms with Gasteiger partial charge in [0.05, 0.1) is 24.4 Å². The number of allylic oxidation sites excluding steroid dienone is 6. The molecule has 15 nitrogen and oxygen atoms in total. The van der Waals surface area contributed by atoms with Gasteiger partial charge in [-0.3, -0.25) is 19.2 Å². The molecule has 2 saturated heterocycles. The third-order valence-corrected chi connectivity index (χ3v) is 15.8. The molecule has 3 aliphatic heterocycles. The Morgan fingerprint density at radius 2 is 1.56 bits per heavy atom. The third-order valence-electron chi connectivity index (χ3n) is 15.8. The van der Waals surface area contributed by atoms with Gasteiger partial charge in [0, 0.05) is 71.7 Å². The van der Waals surface area contributed by atoms with Crippen molar-refractivity contribution in [3.63, 3.8) is 0 Å².